The zero-order valence-corrected chi connectivity index (χ0v) is 10.9. The number of amidine groups is 1. The lowest BCUT2D eigenvalue weighted by atomic mass is 9.61. The number of imidazole rings is 1. The van der Waals surface area contributed by atoms with Crippen LogP contribution in [0.3, 0.4) is 0 Å². The Labute approximate surface area is 111 Å². The van der Waals surface area contributed by atoms with Crippen LogP contribution in [0.25, 0.3) is 0 Å². The Morgan fingerprint density at radius 2 is 2.47 bits per heavy atom. The second-order valence-corrected chi connectivity index (χ2v) is 5.16. The number of nitrogens with one attached hydrogen (secondary N) is 2. The van der Waals surface area contributed by atoms with Crippen LogP contribution in [0.4, 0.5) is 0 Å². The van der Waals surface area contributed by atoms with Gasteiger partial charge < -0.3 is 21.2 Å². The van der Waals surface area contributed by atoms with Gasteiger partial charge in [-0.05, 0) is 18.8 Å². The van der Waals surface area contributed by atoms with Gasteiger partial charge in [0.2, 0.25) is 5.91 Å². The Kier molecular flexibility index (Phi) is 3.73. The predicted octanol–water partition coefficient (Wildman–Crippen LogP) is 0.231. The van der Waals surface area contributed by atoms with Crippen molar-refractivity contribution < 1.29 is 10.0 Å². The van der Waals surface area contributed by atoms with Crippen LogP contribution in [0.1, 0.15) is 25.5 Å². The minimum atomic E-state index is -0.831. The normalized spacial score (nSPS) is 26.8. The van der Waals surface area contributed by atoms with Crippen molar-refractivity contribution in [2.24, 2.45) is 22.2 Å². The summed E-state index contributed by atoms with van der Waals surface area (Å²) in [4.78, 5) is 19.1. The van der Waals surface area contributed by atoms with Crippen molar-refractivity contribution in [3.63, 3.8) is 0 Å². The largest absolute Gasteiger partial charge is 0.409 e. The Hall–Kier alpha value is -2.05. The van der Waals surface area contributed by atoms with Crippen molar-refractivity contribution in [1.29, 1.82) is 0 Å². The monoisotopic (exact) mass is 265 g/mol. The van der Waals surface area contributed by atoms with Crippen LogP contribution in [0.15, 0.2) is 17.7 Å². The van der Waals surface area contributed by atoms with E-state index in [-0.39, 0.29) is 11.7 Å². The molecule has 5 N–H and O–H groups in total. The summed E-state index contributed by atoms with van der Waals surface area (Å²) in [7, 11) is 0. The highest BCUT2D eigenvalue weighted by Crippen LogP contribution is 2.45. The summed E-state index contributed by atoms with van der Waals surface area (Å²) < 4.78 is 0. The summed E-state index contributed by atoms with van der Waals surface area (Å²) in [6.07, 6.45) is 5.24. The highest BCUT2D eigenvalue weighted by atomic mass is 16.4. The first-order chi connectivity index (χ1) is 9.08. The molecule has 1 saturated carbocycles. The Balaban J connectivity index is 1.90. The third-order valence-electron chi connectivity index (χ3n) is 3.66. The molecule has 1 aromatic heterocycles. The molecule has 0 unspecified atom stereocenters. The maximum atomic E-state index is 12.2. The van der Waals surface area contributed by atoms with E-state index < -0.39 is 5.41 Å². The summed E-state index contributed by atoms with van der Waals surface area (Å²) in [5.74, 6) is 0.253. The van der Waals surface area contributed by atoms with E-state index in [0.29, 0.717) is 31.7 Å². The van der Waals surface area contributed by atoms with E-state index in [2.05, 4.69) is 20.4 Å². The van der Waals surface area contributed by atoms with Crippen molar-refractivity contribution in [2.45, 2.75) is 26.2 Å². The Bertz CT molecular complexity index is 462. The van der Waals surface area contributed by atoms with E-state index in [4.69, 9.17) is 10.9 Å². The molecule has 0 radical (unpaired) electrons. The van der Waals surface area contributed by atoms with Crippen LogP contribution in [-0.4, -0.2) is 33.5 Å². The fourth-order valence-corrected chi connectivity index (χ4v) is 2.64. The first-order valence-electron chi connectivity index (χ1n) is 6.32. The quantitative estimate of drug-likeness (QED) is 0.264. The molecule has 1 aromatic rings. The number of aromatic nitrogens is 2. The summed E-state index contributed by atoms with van der Waals surface area (Å²) >= 11 is 0. The first-order valence-corrected chi connectivity index (χ1v) is 6.32. The van der Waals surface area contributed by atoms with Crippen molar-refractivity contribution >= 4 is 11.7 Å². The fourth-order valence-electron chi connectivity index (χ4n) is 2.64. The Morgan fingerprint density at radius 1 is 1.74 bits per heavy atom. The molecule has 1 fully saturated rings. The molecule has 7 heteroatoms. The van der Waals surface area contributed by atoms with Crippen LogP contribution >= 0.6 is 0 Å². The summed E-state index contributed by atoms with van der Waals surface area (Å²) in [6, 6.07) is 0. The molecule has 7 nitrogen and oxygen atoms in total. The number of amides is 1. The standard InChI is InChI=1S/C12H19N5O2/c1-8-4-12(5-8,10(13)17-19)11(18)15-3-2-9-6-14-7-16-9/h6-8,19H,2-5H2,1H3,(H2,13,17)(H,14,16)(H,15,18). The van der Waals surface area contributed by atoms with Gasteiger partial charge in [0.15, 0.2) is 5.84 Å². The number of nitrogens with zero attached hydrogens (tertiary/aromatic N) is 2. The summed E-state index contributed by atoms with van der Waals surface area (Å²) in [5.41, 5.74) is 5.79. The molecule has 1 heterocycles. The smallest absolute Gasteiger partial charge is 0.233 e. The van der Waals surface area contributed by atoms with E-state index in [1.807, 2.05) is 6.92 Å². The van der Waals surface area contributed by atoms with Crippen molar-refractivity contribution in [2.75, 3.05) is 6.54 Å². The predicted molar refractivity (Wildman–Crippen MR) is 69.5 cm³/mol. The maximum absolute atomic E-state index is 12.2. The van der Waals surface area contributed by atoms with E-state index in [9.17, 15) is 4.79 Å². The number of oxime groups is 1. The van der Waals surface area contributed by atoms with Gasteiger partial charge in [0.1, 0.15) is 5.41 Å². The van der Waals surface area contributed by atoms with E-state index >= 15 is 0 Å². The molecular weight excluding hydrogens is 246 g/mol. The number of hydrogen-bond acceptors (Lipinski definition) is 4. The third kappa shape index (κ3) is 2.54. The van der Waals surface area contributed by atoms with E-state index in [1.54, 1.807) is 12.5 Å². The average Bonchev–Trinajstić information content (AvgIpc) is 2.86. The lowest BCUT2D eigenvalue weighted by molar-refractivity contribution is -0.133. The molecule has 0 aliphatic heterocycles. The van der Waals surface area contributed by atoms with Crippen LogP contribution < -0.4 is 11.1 Å². The number of nitrogens with two attached hydrogens (primary N) is 1. The minimum absolute atomic E-state index is 0.00430. The molecule has 104 valence electrons. The number of H-pyrrole nitrogens is 1. The molecule has 0 spiro atoms. The van der Waals surface area contributed by atoms with Crippen LogP contribution in [0, 0.1) is 11.3 Å². The van der Waals surface area contributed by atoms with Crippen molar-refractivity contribution in [1.82, 2.24) is 15.3 Å². The lowest BCUT2D eigenvalue weighted by Crippen LogP contribution is -2.57. The SMILES string of the molecule is CC1CC(C(=O)NCCc2cnc[nH]2)(C(N)=NO)C1. The zero-order chi connectivity index (χ0) is 13.9. The summed E-state index contributed by atoms with van der Waals surface area (Å²) in [5, 5.41) is 14.7. The molecule has 19 heavy (non-hydrogen) atoms. The van der Waals surface area contributed by atoms with Crippen LogP contribution in [-0.2, 0) is 11.2 Å². The van der Waals surface area contributed by atoms with Gasteiger partial charge in [0, 0.05) is 24.9 Å². The van der Waals surface area contributed by atoms with E-state index in [1.165, 1.54) is 0 Å². The number of aromatic amines is 1. The van der Waals surface area contributed by atoms with Gasteiger partial charge in [-0.2, -0.15) is 0 Å². The molecule has 1 aliphatic carbocycles. The molecule has 0 aromatic carbocycles. The van der Waals surface area contributed by atoms with Gasteiger partial charge >= 0.3 is 0 Å². The third-order valence-corrected chi connectivity index (χ3v) is 3.66. The average molecular weight is 265 g/mol. The number of carbonyl (C=O) groups is 1. The van der Waals surface area contributed by atoms with Gasteiger partial charge in [-0.3, -0.25) is 4.79 Å². The van der Waals surface area contributed by atoms with Gasteiger partial charge in [-0.25, -0.2) is 4.98 Å². The zero-order valence-electron chi connectivity index (χ0n) is 10.9. The van der Waals surface area contributed by atoms with Crippen molar-refractivity contribution in [3.8, 4) is 0 Å². The number of rotatable bonds is 5. The molecular formula is C12H19N5O2. The van der Waals surface area contributed by atoms with E-state index in [0.717, 1.165) is 5.69 Å². The molecule has 0 bridgehead atoms. The second kappa shape index (κ2) is 5.29. The van der Waals surface area contributed by atoms with Gasteiger partial charge in [0.05, 0.1) is 6.33 Å². The maximum Gasteiger partial charge on any atom is 0.233 e. The van der Waals surface area contributed by atoms with Gasteiger partial charge in [0.25, 0.3) is 0 Å². The highest BCUT2D eigenvalue weighted by molar-refractivity contribution is 6.07. The molecule has 0 atom stereocenters. The highest BCUT2D eigenvalue weighted by Gasteiger charge is 2.51. The number of carbonyl (C=O) groups excluding carboxylic acids is 1. The molecule has 0 saturated heterocycles. The van der Waals surface area contributed by atoms with Crippen molar-refractivity contribution in [3.05, 3.63) is 18.2 Å². The summed E-state index contributed by atoms with van der Waals surface area (Å²) in [6.45, 7) is 2.54. The minimum Gasteiger partial charge on any atom is -0.409 e. The molecule has 1 amide bonds. The topological polar surface area (TPSA) is 116 Å². The lowest BCUT2D eigenvalue weighted by Gasteiger charge is -2.43. The first kappa shape index (κ1) is 13.4. The Morgan fingerprint density at radius 3 is 3.00 bits per heavy atom. The second-order valence-electron chi connectivity index (χ2n) is 5.16. The van der Waals surface area contributed by atoms with Crippen LogP contribution in [0.5, 0.6) is 0 Å². The van der Waals surface area contributed by atoms with Gasteiger partial charge in [-0.1, -0.05) is 12.1 Å². The fraction of sp³-hybridized carbons (Fsp3) is 0.583. The number of hydrogen-bond donors (Lipinski definition) is 4. The van der Waals surface area contributed by atoms with Crippen LogP contribution in [0.2, 0.25) is 0 Å². The molecule has 2 rings (SSSR count). The van der Waals surface area contributed by atoms with Gasteiger partial charge in [-0.15, -0.1) is 0 Å². The molecule has 1 aliphatic rings.